The number of para-hydroxylation sites is 2. The van der Waals surface area contributed by atoms with Gasteiger partial charge in [-0.05, 0) is 55.7 Å². The predicted molar refractivity (Wildman–Crippen MR) is 130 cm³/mol. The van der Waals surface area contributed by atoms with Crippen molar-refractivity contribution in [3.63, 3.8) is 0 Å². The first kappa shape index (κ1) is 24.2. The number of hydrogen-bond acceptors (Lipinski definition) is 6. The highest BCUT2D eigenvalue weighted by molar-refractivity contribution is 7.55. The van der Waals surface area contributed by atoms with Crippen molar-refractivity contribution in [3.8, 4) is 11.5 Å². The van der Waals surface area contributed by atoms with E-state index in [0.29, 0.717) is 41.9 Å². The van der Waals surface area contributed by atoms with Gasteiger partial charge in [-0.25, -0.2) is 4.57 Å². The zero-order chi connectivity index (χ0) is 24.7. The van der Waals surface area contributed by atoms with Crippen LogP contribution in [-0.2, 0) is 9.36 Å². The van der Waals surface area contributed by atoms with E-state index in [1.807, 2.05) is 0 Å². The third-order valence-electron chi connectivity index (χ3n) is 5.58. The molecular weight excluding hydrogens is 467 g/mol. The van der Waals surface area contributed by atoms with Gasteiger partial charge in [-0.3, -0.25) is 19.3 Å². The van der Waals surface area contributed by atoms with E-state index in [1.165, 1.54) is 4.90 Å². The van der Waals surface area contributed by atoms with Crippen molar-refractivity contribution in [1.29, 1.82) is 0 Å². The SMILES string of the molecule is O=CNC(CCCCN1C(=O)c2ccccc2C1=O)P(=O)(Oc1ccccc1)Oc1ccccc1. The van der Waals surface area contributed by atoms with Crippen LogP contribution in [0, 0.1) is 0 Å². The molecule has 1 N–H and O–H groups in total. The van der Waals surface area contributed by atoms with Crippen LogP contribution >= 0.6 is 7.60 Å². The molecule has 4 rings (SSSR count). The lowest BCUT2D eigenvalue weighted by Crippen LogP contribution is -2.33. The van der Waals surface area contributed by atoms with Gasteiger partial charge in [-0.1, -0.05) is 48.5 Å². The molecule has 0 fully saturated rings. The Morgan fingerprint density at radius 2 is 1.26 bits per heavy atom. The number of nitrogens with zero attached hydrogens (tertiary/aromatic N) is 1. The smallest absolute Gasteiger partial charge is 0.415 e. The minimum Gasteiger partial charge on any atom is -0.415 e. The summed E-state index contributed by atoms with van der Waals surface area (Å²) >= 11 is 0. The number of carbonyl (C=O) groups excluding carboxylic acids is 3. The predicted octanol–water partition coefficient (Wildman–Crippen LogP) is 4.88. The molecule has 0 saturated carbocycles. The summed E-state index contributed by atoms with van der Waals surface area (Å²) in [5, 5.41) is 2.58. The lowest BCUT2D eigenvalue weighted by molar-refractivity contribution is -0.109. The second-order valence-corrected chi connectivity index (χ2v) is 10.0. The zero-order valence-corrected chi connectivity index (χ0v) is 19.8. The molecule has 9 heteroatoms. The van der Waals surface area contributed by atoms with Gasteiger partial charge in [0.2, 0.25) is 6.41 Å². The van der Waals surface area contributed by atoms with Gasteiger partial charge in [0.15, 0.2) is 5.78 Å². The Balaban J connectivity index is 1.44. The van der Waals surface area contributed by atoms with E-state index in [-0.39, 0.29) is 24.8 Å². The van der Waals surface area contributed by atoms with Crippen LogP contribution in [0.3, 0.4) is 0 Å². The standard InChI is InChI=1S/C26H25N2O6P/c29-19-27-24(17-9-10-18-28-25(30)22-15-7-8-16-23(22)26(28)31)35(32,33-20-11-3-1-4-12-20)34-21-13-5-2-6-14-21/h1-8,11-16,19,24H,9-10,17-18H2,(H,27,29). The number of imide groups is 1. The average Bonchev–Trinajstić information content (AvgIpc) is 3.12. The lowest BCUT2D eigenvalue weighted by Gasteiger charge is -2.27. The summed E-state index contributed by atoms with van der Waals surface area (Å²) < 4.78 is 25.6. The van der Waals surface area contributed by atoms with Gasteiger partial charge in [0.25, 0.3) is 11.8 Å². The van der Waals surface area contributed by atoms with Crippen LogP contribution in [0.4, 0.5) is 0 Å². The van der Waals surface area contributed by atoms with Crippen LogP contribution in [0.15, 0.2) is 84.9 Å². The molecule has 35 heavy (non-hydrogen) atoms. The summed E-state index contributed by atoms with van der Waals surface area (Å²) in [6.07, 6.45) is 1.63. The van der Waals surface area contributed by atoms with Gasteiger partial charge in [0.05, 0.1) is 11.1 Å². The Hall–Kier alpha value is -3.90. The maximum absolute atomic E-state index is 14.0. The van der Waals surface area contributed by atoms with Crippen molar-refractivity contribution in [3.05, 3.63) is 96.1 Å². The summed E-state index contributed by atoms with van der Waals surface area (Å²) in [6.45, 7) is 0.212. The fraction of sp³-hybridized carbons (Fsp3) is 0.192. The van der Waals surface area contributed by atoms with Crippen molar-refractivity contribution < 1.29 is 28.0 Å². The number of fused-ring (bicyclic) bond motifs is 1. The lowest BCUT2D eigenvalue weighted by atomic mass is 10.1. The van der Waals surface area contributed by atoms with Crippen LogP contribution < -0.4 is 14.4 Å². The molecule has 8 nitrogen and oxygen atoms in total. The third kappa shape index (κ3) is 5.61. The number of unbranched alkanes of at least 4 members (excludes halogenated alkanes) is 1. The fourth-order valence-electron chi connectivity index (χ4n) is 3.86. The van der Waals surface area contributed by atoms with Gasteiger partial charge >= 0.3 is 7.60 Å². The molecule has 1 heterocycles. The molecule has 0 radical (unpaired) electrons. The Labute approximate surface area is 203 Å². The van der Waals surface area contributed by atoms with Gasteiger partial charge in [0.1, 0.15) is 11.5 Å². The van der Waals surface area contributed by atoms with Crippen molar-refractivity contribution in [1.82, 2.24) is 10.2 Å². The maximum atomic E-state index is 14.0. The van der Waals surface area contributed by atoms with E-state index in [4.69, 9.17) is 9.05 Å². The van der Waals surface area contributed by atoms with Crippen LogP contribution in [0.1, 0.15) is 40.0 Å². The molecule has 0 aliphatic carbocycles. The summed E-state index contributed by atoms with van der Waals surface area (Å²) in [7, 11) is -3.92. The van der Waals surface area contributed by atoms with E-state index in [1.54, 1.807) is 84.9 Å². The minimum atomic E-state index is -3.92. The zero-order valence-electron chi connectivity index (χ0n) is 18.9. The Kier molecular flexibility index (Phi) is 7.63. The van der Waals surface area contributed by atoms with Gasteiger partial charge in [-0.15, -0.1) is 0 Å². The van der Waals surface area contributed by atoms with E-state index in [0.717, 1.165) is 0 Å². The molecule has 1 aliphatic rings. The molecule has 3 amide bonds. The molecular formula is C26H25N2O6P. The maximum Gasteiger partial charge on any atom is 0.452 e. The van der Waals surface area contributed by atoms with Gasteiger partial charge in [-0.2, -0.15) is 0 Å². The number of benzene rings is 3. The molecule has 0 saturated heterocycles. The molecule has 3 aromatic rings. The van der Waals surface area contributed by atoms with E-state index in [9.17, 15) is 18.9 Å². The second kappa shape index (κ2) is 11.0. The first-order valence-corrected chi connectivity index (χ1v) is 12.9. The molecule has 1 aliphatic heterocycles. The van der Waals surface area contributed by atoms with Crippen LogP contribution in [-0.4, -0.2) is 35.5 Å². The van der Waals surface area contributed by atoms with Crippen molar-refractivity contribution >= 4 is 25.8 Å². The third-order valence-corrected chi connectivity index (χ3v) is 7.68. The minimum absolute atomic E-state index is 0.212. The molecule has 0 bridgehead atoms. The number of amides is 3. The quantitative estimate of drug-likeness (QED) is 0.167. The van der Waals surface area contributed by atoms with Crippen molar-refractivity contribution in [2.24, 2.45) is 0 Å². The number of nitrogens with one attached hydrogen (secondary N) is 1. The summed E-state index contributed by atoms with van der Waals surface area (Å²) in [4.78, 5) is 37.7. The molecule has 1 unspecified atom stereocenters. The largest absolute Gasteiger partial charge is 0.452 e. The number of hydrogen-bond donors (Lipinski definition) is 1. The van der Waals surface area contributed by atoms with E-state index < -0.39 is 13.4 Å². The van der Waals surface area contributed by atoms with Crippen molar-refractivity contribution in [2.75, 3.05) is 6.54 Å². The number of carbonyl (C=O) groups is 3. The molecule has 1 atom stereocenters. The second-order valence-electron chi connectivity index (χ2n) is 7.95. The van der Waals surface area contributed by atoms with Gasteiger partial charge in [0, 0.05) is 6.54 Å². The number of rotatable bonds is 12. The topological polar surface area (TPSA) is 102 Å². The van der Waals surface area contributed by atoms with E-state index in [2.05, 4.69) is 5.32 Å². The molecule has 180 valence electrons. The molecule has 0 aromatic heterocycles. The first-order valence-electron chi connectivity index (χ1n) is 11.3. The highest BCUT2D eigenvalue weighted by atomic mass is 31.2. The highest BCUT2D eigenvalue weighted by Crippen LogP contribution is 2.53. The monoisotopic (exact) mass is 492 g/mol. The van der Waals surface area contributed by atoms with Gasteiger partial charge < -0.3 is 14.4 Å². The van der Waals surface area contributed by atoms with Crippen molar-refractivity contribution in [2.45, 2.75) is 25.0 Å². The Bertz CT molecular complexity index is 1150. The Morgan fingerprint density at radius 1 is 0.771 bits per heavy atom. The summed E-state index contributed by atoms with van der Waals surface area (Å²) in [6, 6.07) is 23.9. The average molecular weight is 492 g/mol. The molecule has 0 spiro atoms. The molecule has 3 aromatic carbocycles. The van der Waals surface area contributed by atoms with Crippen LogP contribution in [0.2, 0.25) is 0 Å². The van der Waals surface area contributed by atoms with Crippen LogP contribution in [0.5, 0.6) is 11.5 Å². The van der Waals surface area contributed by atoms with E-state index >= 15 is 0 Å². The Morgan fingerprint density at radius 3 is 1.74 bits per heavy atom. The normalized spacial score (nSPS) is 13.8. The van der Waals surface area contributed by atoms with Crippen LogP contribution in [0.25, 0.3) is 0 Å². The first-order chi connectivity index (χ1) is 17.0. The highest BCUT2D eigenvalue weighted by Gasteiger charge is 2.39. The summed E-state index contributed by atoms with van der Waals surface area (Å²) in [5.41, 5.74) is 0.796. The summed E-state index contributed by atoms with van der Waals surface area (Å²) in [5.74, 6) is -0.897. The fourth-order valence-corrected chi connectivity index (χ4v) is 5.73.